The highest BCUT2D eigenvalue weighted by molar-refractivity contribution is 6.48. The maximum Gasteiger partial charge on any atom is 0.332 e. The molecule has 9 heteroatoms. The Balaban J connectivity index is 2.42. The zero-order chi connectivity index (χ0) is 27.3. The predicted octanol–water partition coefficient (Wildman–Crippen LogP) is 4.35. The van der Waals surface area contributed by atoms with E-state index in [0.717, 1.165) is 19.3 Å². The Morgan fingerprint density at radius 1 is 1.19 bits per heavy atom. The molecular weight excluding hydrogens is 474 g/mol. The maximum absolute atomic E-state index is 14.1. The molecule has 0 bridgehead atoms. The maximum atomic E-state index is 14.1. The third-order valence-electron chi connectivity index (χ3n) is 7.31. The van der Waals surface area contributed by atoms with Gasteiger partial charge in [0.05, 0.1) is 6.61 Å². The highest BCUT2D eigenvalue weighted by Gasteiger charge is 2.64. The lowest BCUT2D eigenvalue weighted by Gasteiger charge is -2.41. The summed E-state index contributed by atoms with van der Waals surface area (Å²) < 4.78 is 11.8. The number of hydrogen-bond acceptors (Lipinski definition) is 5. The first kappa shape index (κ1) is 30.1. The number of likely N-dealkylation sites (N-methyl/N-ethyl adjacent to an activating group) is 1. The molecule has 1 saturated heterocycles. The Hall–Kier alpha value is -2.13. The Labute approximate surface area is 219 Å². The van der Waals surface area contributed by atoms with Crippen LogP contribution < -0.4 is 5.32 Å². The van der Waals surface area contributed by atoms with Gasteiger partial charge in [-0.2, -0.15) is 0 Å². The average Bonchev–Trinajstić information content (AvgIpc) is 3.37. The van der Waals surface area contributed by atoms with Crippen molar-refractivity contribution < 1.29 is 23.5 Å². The molecule has 3 amide bonds. The fraction of sp³-hybridized carbons (Fsp3) is 0.741. The van der Waals surface area contributed by atoms with Gasteiger partial charge in [0.15, 0.2) is 0 Å². The number of hydrogen-bond donors (Lipinski definition) is 1. The van der Waals surface area contributed by atoms with Crippen LogP contribution in [-0.2, 0) is 18.8 Å². The van der Waals surface area contributed by atoms with Gasteiger partial charge in [-0.3, -0.25) is 9.69 Å². The predicted molar refractivity (Wildman–Crippen MR) is 143 cm³/mol. The second-order valence-electron chi connectivity index (χ2n) is 11.4. The summed E-state index contributed by atoms with van der Waals surface area (Å²) >= 11 is 0. The Morgan fingerprint density at radius 3 is 2.36 bits per heavy atom. The molecule has 1 aliphatic heterocycles. The highest BCUT2D eigenvalue weighted by Crippen LogP contribution is 2.48. The first-order valence-corrected chi connectivity index (χ1v) is 15.4. The number of carbonyl (C=O) groups is 3. The normalized spacial score (nSPS) is 27.5. The number of esters is 1. The number of unbranched alkanes of at least 4 members (excludes halogenated alkanes) is 2. The SMILES string of the molecule is C=CCCCCN(C)C(=O)[C@@]1(O[Si](C)C)C[C@H](C(C)(C)C)CN1C(=O)N[C@]1(C(=O)OCC)C[C@@H]1C=C. The minimum Gasteiger partial charge on any atom is -0.464 e. The van der Waals surface area contributed by atoms with Crippen LogP contribution in [0.5, 0.6) is 0 Å². The van der Waals surface area contributed by atoms with Crippen LogP contribution in [0.2, 0.25) is 13.1 Å². The molecule has 4 atom stereocenters. The molecule has 8 nitrogen and oxygen atoms in total. The van der Waals surface area contributed by atoms with Crippen LogP contribution in [0.4, 0.5) is 4.79 Å². The van der Waals surface area contributed by atoms with Gasteiger partial charge in [0.2, 0.25) is 14.8 Å². The van der Waals surface area contributed by atoms with Gasteiger partial charge < -0.3 is 19.4 Å². The molecule has 0 spiro atoms. The summed E-state index contributed by atoms with van der Waals surface area (Å²) in [6, 6.07) is -0.476. The lowest BCUT2D eigenvalue weighted by atomic mass is 9.79. The molecule has 0 aromatic carbocycles. The van der Waals surface area contributed by atoms with Crippen molar-refractivity contribution in [3.8, 4) is 0 Å². The van der Waals surface area contributed by atoms with Gasteiger partial charge in [0.1, 0.15) is 5.54 Å². The highest BCUT2D eigenvalue weighted by atomic mass is 28.3. The number of nitrogens with one attached hydrogen (secondary N) is 1. The van der Waals surface area contributed by atoms with Crippen LogP contribution in [0.1, 0.15) is 59.8 Å². The zero-order valence-corrected chi connectivity index (χ0v) is 24.3. The minimum atomic E-state index is -1.42. The number of urea groups is 1. The van der Waals surface area contributed by atoms with Gasteiger partial charge in [-0.1, -0.05) is 32.9 Å². The van der Waals surface area contributed by atoms with Crippen LogP contribution >= 0.6 is 0 Å². The van der Waals surface area contributed by atoms with Gasteiger partial charge >= 0.3 is 12.0 Å². The van der Waals surface area contributed by atoms with E-state index in [1.165, 1.54) is 0 Å². The van der Waals surface area contributed by atoms with Gasteiger partial charge in [-0.05, 0) is 57.0 Å². The summed E-state index contributed by atoms with van der Waals surface area (Å²) in [7, 11) is 0.400. The Morgan fingerprint density at radius 2 is 1.86 bits per heavy atom. The van der Waals surface area contributed by atoms with Crippen molar-refractivity contribution in [1.29, 1.82) is 0 Å². The van der Waals surface area contributed by atoms with Crippen molar-refractivity contribution >= 4 is 26.9 Å². The molecule has 1 N–H and O–H groups in total. The van der Waals surface area contributed by atoms with Crippen LogP contribution in [0.3, 0.4) is 0 Å². The summed E-state index contributed by atoms with van der Waals surface area (Å²) in [5, 5.41) is 2.94. The van der Waals surface area contributed by atoms with E-state index in [4.69, 9.17) is 9.16 Å². The molecule has 1 saturated carbocycles. The van der Waals surface area contributed by atoms with E-state index in [1.54, 1.807) is 29.8 Å². The monoisotopic (exact) mass is 520 g/mol. The number of rotatable bonds is 12. The van der Waals surface area contributed by atoms with Crippen LogP contribution in [-0.4, -0.2) is 74.8 Å². The fourth-order valence-electron chi connectivity index (χ4n) is 4.94. The quantitative estimate of drug-likeness (QED) is 0.179. The third kappa shape index (κ3) is 6.40. The first-order chi connectivity index (χ1) is 16.8. The molecule has 2 fully saturated rings. The van der Waals surface area contributed by atoms with E-state index in [1.807, 2.05) is 19.2 Å². The van der Waals surface area contributed by atoms with Gasteiger partial charge in [0.25, 0.3) is 5.91 Å². The van der Waals surface area contributed by atoms with Crippen molar-refractivity contribution in [2.24, 2.45) is 17.3 Å². The molecule has 0 aromatic rings. The summed E-state index contributed by atoms with van der Waals surface area (Å²) in [6.45, 7) is 20.7. The largest absolute Gasteiger partial charge is 0.464 e. The molecule has 203 valence electrons. The van der Waals surface area contributed by atoms with E-state index in [0.29, 0.717) is 25.9 Å². The second kappa shape index (κ2) is 11.9. The number of carbonyl (C=O) groups excluding carboxylic acids is 3. The zero-order valence-electron chi connectivity index (χ0n) is 23.3. The topological polar surface area (TPSA) is 88.2 Å². The van der Waals surface area contributed by atoms with Crippen molar-refractivity contribution in [2.75, 3.05) is 26.7 Å². The lowest BCUT2D eigenvalue weighted by molar-refractivity contribution is -0.159. The average molecular weight is 521 g/mol. The van der Waals surface area contributed by atoms with Crippen molar-refractivity contribution in [1.82, 2.24) is 15.1 Å². The van der Waals surface area contributed by atoms with E-state index in [2.05, 4.69) is 39.2 Å². The Bertz CT molecular complexity index is 842. The van der Waals surface area contributed by atoms with E-state index in [-0.39, 0.29) is 29.8 Å². The van der Waals surface area contributed by atoms with Crippen molar-refractivity contribution in [2.45, 2.75) is 84.2 Å². The third-order valence-corrected chi connectivity index (χ3v) is 8.05. The van der Waals surface area contributed by atoms with E-state index >= 15 is 0 Å². The molecule has 2 rings (SSSR count). The van der Waals surface area contributed by atoms with Crippen LogP contribution in [0.25, 0.3) is 0 Å². The van der Waals surface area contributed by atoms with E-state index < -0.39 is 32.3 Å². The molecule has 1 radical (unpaired) electrons. The summed E-state index contributed by atoms with van der Waals surface area (Å²) in [5.74, 6) is -0.856. The van der Waals surface area contributed by atoms with Gasteiger partial charge in [-0.25, -0.2) is 9.59 Å². The van der Waals surface area contributed by atoms with Crippen molar-refractivity contribution in [3.63, 3.8) is 0 Å². The number of ether oxygens (including phenoxy) is 1. The number of allylic oxidation sites excluding steroid dienone is 1. The molecule has 1 aliphatic carbocycles. The van der Waals surface area contributed by atoms with Crippen LogP contribution in [0.15, 0.2) is 25.3 Å². The number of amides is 3. The molecule has 0 aromatic heterocycles. The second-order valence-corrected chi connectivity index (χ2v) is 13.4. The lowest BCUT2D eigenvalue weighted by Crippen LogP contribution is -2.64. The minimum absolute atomic E-state index is 0.0377. The van der Waals surface area contributed by atoms with E-state index in [9.17, 15) is 14.4 Å². The summed E-state index contributed by atoms with van der Waals surface area (Å²) in [4.78, 5) is 44.0. The number of likely N-dealkylation sites (tertiary alicyclic amines) is 1. The summed E-state index contributed by atoms with van der Waals surface area (Å²) in [5.41, 5.74) is -2.71. The smallest absolute Gasteiger partial charge is 0.332 e. The van der Waals surface area contributed by atoms with Crippen LogP contribution in [0, 0.1) is 17.3 Å². The van der Waals surface area contributed by atoms with Crippen molar-refractivity contribution in [3.05, 3.63) is 25.3 Å². The number of nitrogens with zero attached hydrogens (tertiary/aromatic N) is 2. The summed E-state index contributed by atoms with van der Waals surface area (Å²) in [6.07, 6.45) is 7.05. The molecule has 2 aliphatic rings. The molecule has 36 heavy (non-hydrogen) atoms. The fourth-order valence-corrected chi connectivity index (χ4v) is 5.90. The van der Waals surface area contributed by atoms with Gasteiger partial charge in [0, 0.05) is 32.5 Å². The molecular formula is C27H46N3O5Si. The standard InChI is InChI=1S/C27H46N3O5Si/c1-10-13-14-15-16-29(7)22(31)27(35-36(8)9)18-21(25(4,5)6)19-30(27)24(33)28-26(17-20(26)11-2)23(32)34-12-3/h10-11,20-21H,1-2,12-19H2,3-9H3,(H,28,33)/t20-,21-,26+,27-/m0/s1. The first-order valence-electron chi connectivity index (χ1n) is 13.0. The van der Waals surface area contributed by atoms with Gasteiger partial charge in [-0.15, -0.1) is 13.2 Å². The Kier molecular flexibility index (Phi) is 9.98. The molecule has 0 unspecified atom stereocenters. The molecule has 1 heterocycles.